The van der Waals surface area contributed by atoms with Crippen LogP contribution in [-0.2, 0) is 13.0 Å². The van der Waals surface area contributed by atoms with Gasteiger partial charge in [0.1, 0.15) is 11.5 Å². The highest BCUT2D eigenvalue weighted by Crippen LogP contribution is 2.40. The summed E-state index contributed by atoms with van der Waals surface area (Å²) in [6.07, 6.45) is 4.01. The van der Waals surface area contributed by atoms with Crippen LogP contribution in [0.15, 0.2) is 48.7 Å². The van der Waals surface area contributed by atoms with Crippen molar-refractivity contribution in [3.05, 3.63) is 60.2 Å². The van der Waals surface area contributed by atoms with Crippen molar-refractivity contribution in [2.24, 2.45) is 0 Å². The maximum atomic E-state index is 12.9. The van der Waals surface area contributed by atoms with Gasteiger partial charge in [0.05, 0.1) is 38.9 Å². The molecule has 5 rings (SSSR count). The molecule has 2 N–H and O–H groups in total. The Balaban J connectivity index is 1.37. The molecule has 0 spiro atoms. The summed E-state index contributed by atoms with van der Waals surface area (Å²) in [5.41, 5.74) is 4.41. The van der Waals surface area contributed by atoms with Crippen LogP contribution in [0.1, 0.15) is 22.7 Å². The number of carbonyl (C=O) groups excluding carboxylic acids is 1. The van der Waals surface area contributed by atoms with Gasteiger partial charge in [-0.1, -0.05) is 12.1 Å². The average Bonchev–Trinajstić information content (AvgIpc) is 3.60. The van der Waals surface area contributed by atoms with Crippen molar-refractivity contribution >= 4 is 11.6 Å². The van der Waals surface area contributed by atoms with Gasteiger partial charge in [-0.05, 0) is 36.8 Å². The van der Waals surface area contributed by atoms with Crippen molar-refractivity contribution in [1.82, 2.24) is 19.7 Å². The number of fused-ring (bicyclic) bond motifs is 1. The summed E-state index contributed by atoms with van der Waals surface area (Å²) < 4.78 is 18.4. The molecule has 1 aliphatic heterocycles. The van der Waals surface area contributed by atoms with Crippen LogP contribution in [0.3, 0.4) is 0 Å². The summed E-state index contributed by atoms with van der Waals surface area (Å²) >= 11 is 0. The van der Waals surface area contributed by atoms with Gasteiger partial charge in [0.25, 0.3) is 5.91 Å². The minimum atomic E-state index is -0.290. The molecule has 0 bridgehead atoms. The number of H-pyrrole nitrogens is 1. The summed E-state index contributed by atoms with van der Waals surface area (Å²) in [6, 6.07) is 13.0. The summed E-state index contributed by atoms with van der Waals surface area (Å²) in [5.74, 6) is 2.33. The van der Waals surface area contributed by atoms with E-state index in [1.54, 1.807) is 39.5 Å². The number of nitrogens with one attached hydrogen (secondary N) is 2. The van der Waals surface area contributed by atoms with Crippen LogP contribution < -0.4 is 19.5 Å². The third-order valence-corrected chi connectivity index (χ3v) is 5.92. The van der Waals surface area contributed by atoms with Crippen LogP contribution in [0.4, 0.5) is 5.69 Å². The van der Waals surface area contributed by atoms with Gasteiger partial charge in [0.15, 0.2) is 11.5 Å². The van der Waals surface area contributed by atoms with Crippen LogP contribution >= 0.6 is 0 Å². The van der Waals surface area contributed by atoms with E-state index in [1.165, 1.54) is 0 Å². The number of rotatable bonds is 7. The van der Waals surface area contributed by atoms with E-state index < -0.39 is 0 Å². The standard InChI is InChI=1S/C25H25N5O4/c1-32-21-11-16(12-22(33-2)24(21)34-3)18-13-19(29-28-18)25(31)27-17-7-4-6-15(10-17)20-14-26-23-8-5-9-30(20)23/h4,6-7,10-14H,5,8-9H2,1-3H3,(H,27,31)(H,28,29). The first-order chi connectivity index (χ1) is 16.6. The molecule has 0 atom stereocenters. The van der Waals surface area contributed by atoms with Gasteiger partial charge in [-0.15, -0.1) is 0 Å². The summed E-state index contributed by atoms with van der Waals surface area (Å²) in [7, 11) is 4.65. The maximum Gasteiger partial charge on any atom is 0.273 e. The van der Waals surface area contributed by atoms with E-state index in [2.05, 4.69) is 25.1 Å². The van der Waals surface area contributed by atoms with Crippen LogP contribution in [0, 0.1) is 0 Å². The van der Waals surface area contributed by atoms with Crippen molar-refractivity contribution in [2.45, 2.75) is 19.4 Å². The molecule has 2 aromatic heterocycles. The predicted octanol–water partition coefficient (Wildman–Crippen LogP) is 4.16. The molecule has 3 heterocycles. The fourth-order valence-corrected chi connectivity index (χ4v) is 4.26. The third kappa shape index (κ3) is 3.85. The second-order valence-corrected chi connectivity index (χ2v) is 7.93. The molecule has 1 amide bonds. The highest BCUT2D eigenvalue weighted by atomic mass is 16.5. The monoisotopic (exact) mass is 459 g/mol. The number of nitrogens with zero attached hydrogens (tertiary/aromatic N) is 3. The van der Waals surface area contributed by atoms with Gasteiger partial charge in [0, 0.05) is 29.8 Å². The van der Waals surface area contributed by atoms with Gasteiger partial charge in [-0.25, -0.2) is 4.98 Å². The normalized spacial score (nSPS) is 12.3. The summed E-state index contributed by atoms with van der Waals surface area (Å²) in [4.78, 5) is 17.4. The van der Waals surface area contributed by atoms with Crippen LogP contribution in [0.2, 0.25) is 0 Å². The largest absolute Gasteiger partial charge is 0.493 e. The second-order valence-electron chi connectivity index (χ2n) is 7.93. The summed E-state index contributed by atoms with van der Waals surface area (Å²) in [6.45, 7) is 0.971. The molecule has 9 heteroatoms. The number of carbonyl (C=O) groups is 1. The molecule has 9 nitrogen and oxygen atoms in total. The number of amides is 1. The van der Waals surface area contributed by atoms with Crippen LogP contribution in [-0.4, -0.2) is 47.0 Å². The highest BCUT2D eigenvalue weighted by molar-refractivity contribution is 6.03. The Kier molecular flexibility index (Phi) is 5.67. The number of aromatic nitrogens is 4. The number of anilines is 1. The molecule has 174 valence electrons. The molecular formula is C25H25N5O4. The minimum absolute atomic E-state index is 0.290. The SMILES string of the molecule is COc1cc(-c2cc(C(=O)Nc3cccc(-c4cnc5n4CCC5)c3)[nH]n2)cc(OC)c1OC. The van der Waals surface area contributed by atoms with E-state index in [0.717, 1.165) is 42.0 Å². The number of hydrogen-bond acceptors (Lipinski definition) is 6. The molecular weight excluding hydrogens is 434 g/mol. The molecule has 0 fully saturated rings. The van der Waals surface area contributed by atoms with Gasteiger partial charge in [-0.2, -0.15) is 5.10 Å². The molecule has 4 aromatic rings. The fraction of sp³-hybridized carbons (Fsp3) is 0.240. The Hall–Kier alpha value is -4.27. The number of aromatic amines is 1. The van der Waals surface area contributed by atoms with E-state index in [1.807, 2.05) is 30.5 Å². The Morgan fingerprint density at radius 2 is 1.82 bits per heavy atom. The zero-order valence-electron chi connectivity index (χ0n) is 19.2. The maximum absolute atomic E-state index is 12.9. The van der Waals surface area contributed by atoms with E-state index in [0.29, 0.717) is 34.3 Å². The lowest BCUT2D eigenvalue weighted by Gasteiger charge is -2.13. The number of methoxy groups -OCH3 is 3. The lowest BCUT2D eigenvalue weighted by atomic mass is 10.1. The molecule has 2 aromatic carbocycles. The zero-order valence-corrected chi connectivity index (χ0v) is 19.2. The second kappa shape index (κ2) is 8.93. The molecule has 0 unspecified atom stereocenters. The molecule has 0 aliphatic carbocycles. The highest BCUT2D eigenvalue weighted by Gasteiger charge is 2.19. The van der Waals surface area contributed by atoms with Crippen molar-refractivity contribution in [3.8, 4) is 39.8 Å². The molecule has 0 saturated heterocycles. The van der Waals surface area contributed by atoms with Gasteiger partial charge in [0.2, 0.25) is 5.75 Å². The smallest absolute Gasteiger partial charge is 0.273 e. The summed E-state index contributed by atoms with van der Waals surface area (Å²) in [5, 5.41) is 10.1. The molecule has 0 saturated carbocycles. The van der Waals surface area contributed by atoms with Crippen molar-refractivity contribution in [1.29, 1.82) is 0 Å². The van der Waals surface area contributed by atoms with Gasteiger partial charge in [-0.3, -0.25) is 9.89 Å². The fourth-order valence-electron chi connectivity index (χ4n) is 4.26. The number of aryl methyl sites for hydroxylation is 1. The quantitative estimate of drug-likeness (QED) is 0.430. The van der Waals surface area contributed by atoms with Crippen molar-refractivity contribution in [2.75, 3.05) is 26.6 Å². The van der Waals surface area contributed by atoms with Crippen LogP contribution in [0.25, 0.3) is 22.5 Å². The first-order valence-corrected chi connectivity index (χ1v) is 10.9. The number of hydrogen-bond donors (Lipinski definition) is 2. The Bertz CT molecular complexity index is 1330. The third-order valence-electron chi connectivity index (χ3n) is 5.92. The Morgan fingerprint density at radius 1 is 1.03 bits per heavy atom. The van der Waals surface area contributed by atoms with Crippen molar-refractivity contribution < 1.29 is 19.0 Å². The van der Waals surface area contributed by atoms with E-state index in [9.17, 15) is 4.79 Å². The van der Waals surface area contributed by atoms with E-state index in [-0.39, 0.29) is 5.91 Å². The average molecular weight is 460 g/mol. The Morgan fingerprint density at radius 3 is 2.56 bits per heavy atom. The number of imidazole rings is 1. The Labute approximate surface area is 196 Å². The minimum Gasteiger partial charge on any atom is -0.493 e. The lowest BCUT2D eigenvalue weighted by Crippen LogP contribution is -2.12. The molecule has 0 radical (unpaired) electrons. The number of benzene rings is 2. The molecule has 34 heavy (non-hydrogen) atoms. The number of ether oxygens (including phenoxy) is 3. The van der Waals surface area contributed by atoms with Crippen LogP contribution in [0.5, 0.6) is 17.2 Å². The van der Waals surface area contributed by atoms with Gasteiger partial charge >= 0.3 is 0 Å². The van der Waals surface area contributed by atoms with E-state index >= 15 is 0 Å². The zero-order chi connectivity index (χ0) is 23.7. The lowest BCUT2D eigenvalue weighted by molar-refractivity contribution is 0.102. The first kappa shape index (κ1) is 21.6. The van der Waals surface area contributed by atoms with Gasteiger partial charge < -0.3 is 24.1 Å². The van der Waals surface area contributed by atoms with E-state index in [4.69, 9.17) is 14.2 Å². The topological polar surface area (TPSA) is 103 Å². The molecule has 1 aliphatic rings. The first-order valence-electron chi connectivity index (χ1n) is 10.9. The van der Waals surface area contributed by atoms with Crippen molar-refractivity contribution in [3.63, 3.8) is 0 Å². The predicted molar refractivity (Wildman–Crippen MR) is 128 cm³/mol.